The molecule has 2 rings (SSSR count). The van der Waals surface area contributed by atoms with Gasteiger partial charge in [0.2, 0.25) is 0 Å². The molecule has 88 valence electrons. The molecule has 0 radical (unpaired) electrons. The summed E-state index contributed by atoms with van der Waals surface area (Å²) in [7, 11) is 0. The molecule has 4 heteroatoms. The molecule has 16 heavy (non-hydrogen) atoms. The second kappa shape index (κ2) is 5.82. The van der Waals surface area contributed by atoms with Crippen LogP contribution in [-0.4, -0.2) is 37.2 Å². The molecule has 0 bridgehead atoms. The number of pyridine rings is 1. The van der Waals surface area contributed by atoms with Crippen LogP contribution in [0.2, 0.25) is 0 Å². The minimum atomic E-state index is 0.628. The quantitative estimate of drug-likeness (QED) is 0.780. The molecule has 0 aliphatic carbocycles. The molecule has 0 amide bonds. The summed E-state index contributed by atoms with van der Waals surface area (Å²) in [5.74, 6) is 1.10. The molecule has 1 saturated heterocycles. The number of nitrogens with zero attached hydrogens (tertiary/aromatic N) is 2. The van der Waals surface area contributed by atoms with Gasteiger partial charge in [0.1, 0.15) is 5.82 Å². The molecule has 1 aromatic heterocycles. The van der Waals surface area contributed by atoms with Gasteiger partial charge in [0, 0.05) is 38.4 Å². The van der Waals surface area contributed by atoms with Gasteiger partial charge in [-0.3, -0.25) is 0 Å². The Morgan fingerprint density at radius 2 is 2.19 bits per heavy atom. The van der Waals surface area contributed by atoms with Crippen LogP contribution >= 0.6 is 0 Å². The number of anilines is 1. The maximum absolute atomic E-state index is 5.48. The number of hydrogen-bond acceptors (Lipinski definition) is 4. The Morgan fingerprint density at radius 3 is 2.81 bits per heavy atom. The molecule has 1 aromatic rings. The Morgan fingerprint density at radius 1 is 1.38 bits per heavy atom. The molecular formula is C12H20N4. The van der Waals surface area contributed by atoms with Gasteiger partial charge in [0.05, 0.1) is 0 Å². The largest absolute Gasteiger partial charge is 0.357 e. The van der Waals surface area contributed by atoms with Crippen molar-refractivity contribution in [2.45, 2.75) is 18.9 Å². The zero-order chi connectivity index (χ0) is 11.2. The predicted molar refractivity (Wildman–Crippen MR) is 66.5 cm³/mol. The number of nitrogens with two attached hydrogens (primary N) is 1. The van der Waals surface area contributed by atoms with Gasteiger partial charge in [-0.2, -0.15) is 0 Å². The lowest BCUT2D eigenvalue weighted by Gasteiger charge is -2.33. The van der Waals surface area contributed by atoms with Crippen LogP contribution in [0, 0.1) is 0 Å². The molecule has 1 aliphatic rings. The summed E-state index contributed by atoms with van der Waals surface area (Å²) in [6.07, 6.45) is 4.21. The smallest absolute Gasteiger partial charge is 0.128 e. The van der Waals surface area contributed by atoms with E-state index < -0.39 is 0 Å². The Labute approximate surface area is 96.8 Å². The van der Waals surface area contributed by atoms with E-state index in [0.29, 0.717) is 6.04 Å². The lowest BCUT2D eigenvalue weighted by atomic mass is 10.1. The molecule has 0 atom stereocenters. The number of nitrogens with one attached hydrogen (secondary N) is 1. The van der Waals surface area contributed by atoms with E-state index in [1.807, 2.05) is 18.3 Å². The topological polar surface area (TPSA) is 54.2 Å². The van der Waals surface area contributed by atoms with Gasteiger partial charge in [0.25, 0.3) is 0 Å². The van der Waals surface area contributed by atoms with Crippen LogP contribution in [0.1, 0.15) is 12.8 Å². The van der Waals surface area contributed by atoms with Crippen molar-refractivity contribution in [2.24, 2.45) is 5.73 Å². The zero-order valence-electron chi connectivity index (χ0n) is 9.60. The van der Waals surface area contributed by atoms with Gasteiger partial charge >= 0.3 is 0 Å². The van der Waals surface area contributed by atoms with E-state index in [2.05, 4.69) is 21.3 Å². The third-order valence-electron chi connectivity index (χ3n) is 3.05. The van der Waals surface area contributed by atoms with E-state index >= 15 is 0 Å². The molecule has 4 nitrogen and oxygen atoms in total. The normalized spacial score (nSPS) is 17.7. The first-order valence-corrected chi connectivity index (χ1v) is 5.99. The number of piperidine rings is 1. The maximum Gasteiger partial charge on any atom is 0.128 e. The first-order valence-electron chi connectivity index (χ1n) is 5.99. The van der Waals surface area contributed by atoms with Crippen molar-refractivity contribution in [2.75, 3.05) is 31.1 Å². The van der Waals surface area contributed by atoms with Gasteiger partial charge in [-0.1, -0.05) is 6.07 Å². The SMILES string of the molecule is NCCNC1CCN(c2ccccn2)CC1. The van der Waals surface area contributed by atoms with E-state index in [1.54, 1.807) is 0 Å². The minimum Gasteiger partial charge on any atom is -0.357 e. The van der Waals surface area contributed by atoms with Gasteiger partial charge < -0.3 is 16.0 Å². The maximum atomic E-state index is 5.48. The second-order valence-electron chi connectivity index (χ2n) is 4.19. The fraction of sp³-hybridized carbons (Fsp3) is 0.583. The Bertz CT molecular complexity index is 293. The van der Waals surface area contributed by atoms with E-state index in [4.69, 9.17) is 5.73 Å². The molecule has 0 spiro atoms. The first-order chi connectivity index (χ1) is 7.90. The van der Waals surface area contributed by atoms with Crippen molar-refractivity contribution >= 4 is 5.82 Å². The third kappa shape index (κ3) is 2.93. The lowest BCUT2D eigenvalue weighted by Crippen LogP contribution is -2.44. The van der Waals surface area contributed by atoms with Crippen molar-refractivity contribution in [1.29, 1.82) is 0 Å². The summed E-state index contributed by atoms with van der Waals surface area (Å²) in [4.78, 5) is 6.72. The molecule has 0 aromatic carbocycles. The van der Waals surface area contributed by atoms with E-state index in [-0.39, 0.29) is 0 Å². The van der Waals surface area contributed by atoms with Crippen LogP contribution < -0.4 is 16.0 Å². The highest BCUT2D eigenvalue weighted by atomic mass is 15.2. The Hall–Kier alpha value is -1.13. The van der Waals surface area contributed by atoms with Gasteiger partial charge in [-0.05, 0) is 25.0 Å². The highest BCUT2D eigenvalue weighted by molar-refractivity contribution is 5.38. The Balaban J connectivity index is 1.81. The average molecular weight is 220 g/mol. The van der Waals surface area contributed by atoms with Crippen LogP contribution in [0.4, 0.5) is 5.82 Å². The van der Waals surface area contributed by atoms with Crippen molar-refractivity contribution in [3.8, 4) is 0 Å². The van der Waals surface area contributed by atoms with Gasteiger partial charge in [-0.25, -0.2) is 4.98 Å². The highest BCUT2D eigenvalue weighted by Gasteiger charge is 2.18. The molecule has 3 N–H and O–H groups in total. The van der Waals surface area contributed by atoms with E-state index in [1.165, 1.54) is 12.8 Å². The van der Waals surface area contributed by atoms with E-state index in [9.17, 15) is 0 Å². The minimum absolute atomic E-state index is 0.628. The van der Waals surface area contributed by atoms with Crippen LogP contribution in [0.25, 0.3) is 0 Å². The summed E-state index contributed by atoms with van der Waals surface area (Å²) >= 11 is 0. The van der Waals surface area contributed by atoms with Crippen molar-refractivity contribution in [1.82, 2.24) is 10.3 Å². The molecular weight excluding hydrogens is 200 g/mol. The van der Waals surface area contributed by atoms with Crippen LogP contribution in [0.5, 0.6) is 0 Å². The fourth-order valence-corrected chi connectivity index (χ4v) is 2.14. The zero-order valence-corrected chi connectivity index (χ0v) is 9.60. The Kier molecular flexibility index (Phi) is 4.13. The van der Waals surface area contributed by atoms with Crippen molar-refractivity contribution in [3.63, 3.8) is 0 Å². The number of rotatable bonds is 4. The fourth-order valence-electron chi connectivity index (χ4n) is 2.14. The van der Waals surface area contributed by atoms with Crippen LogP contribution in [0.3, 0.4) is 0 Å². The van der Waals surface area contributed by atoms with Crippen molar-refractivity contribution < 1.29 is 0 Å². The summed E-state index contributed by atoms with van der Waals surface area (Å²) in [6.45, 7) is 3.81. The standard InChI is InChI=1S/C12H20N4/c13-6-8-14-11-4-9-16(10-5-11)12-3-1-2-7-15-12/h1-3,7,11,14H,4-6,8-10,13H2. The van der Waals surface area contributed by atoms with Crippen molar-refractivity contribution in [3.05, 3.63) is 24.4 Å². The van der Waals surface area contributed by atoms with Crippen LogP contribution in [0.15, 0.2) is 24.4 Å². The predicted octanol–water partition coefficient (Wildman–Crippen LogP) is 0.599. The lowest BCUT2D eigenvalue weighted by molar-refractivity contribution is 0.418. The third-order valence-corrected chi connectivity index (χ3v) is 3.05. The molecule has 1 aliphatic heterocycles. The molecule has 0 unspecified atom stereocenters. The number of hydrogen-bond donors (Lipinski definition) is 2. The highest BCUT2D eigenvalue weighted by Crippen LogP contribution is 2.16. The average Bonchev–Trinajstić information content (AvgIpc) is 2.38. The van der Waals surface area contributed by atoms with E-state index in [0.717, 1.165) is 32.0 Å². The molecule has 0 saturated carbocycles. The summed E-state index contributed by atoms with van der Waals surface area (Å²) in [5.41, 5.74) is 5.48. The second-order valence-corrected chi connectivity index (χ2v) is 4.19. The summed E-state index contributed by atoms with van der Waals surface area (Å²) < 4.78 is 0. The van der Waals surface area contributed by atoms with Gasteiger partial charge in [-0.15, -0.1) is 0 Å². The van der Waals surface area contributed by atoms with Crippen LogP contribution in [-0.2, 0) is 0 Å². The molecule has 1 fully saturated rings. The molecule has 2 heterocycles. The summed E-state index contributed by atoms with van der Waals surface area (Å²) in [6, 6.07) is 6.71. The first kappa shape index (κ1) is 11.4. The van der Waals surface area contributed by atoms with Gasteiger partial charge in [0.15, 0.2) is 0 Å². The summed E-state index contributed by atoms with van der Waals surface area (Å²) in [5, 5.41) is 3.47. The monoisotopic (exact) mass is 220 g/mol. The number of aromatic nitrogens is 1.